The molecule has 0 amide bonds. The van der Waals surface area contributed by atoms with E-state index in [-0.39, 0.29) is 0 Å². The number of piperidine rings is 1. The molecule has 4 heteroatoms. The predicted molar refractivity (Wildman–Crippen MR) is 85.0 cm³/mol. The summed E-state index contributed by atoms with van der Waals surface area (Å²) in [7, 11) is 4.43. The molecule has 1 aromatic heterocycles. The summed E-state index contributed by atoms with van der Waals surface area (Å²) in [6.07, 6.45) is 4.55. The van der Waals surface area contributed by atoms with Crippen LogP contribution in [0.5, 0.6) is 0 Å². The van der Waals surface area contributed by atoms with Gasteiger partial charge in [-0.15, -0.1) is 0 Å². The zero-order valence-corrected chi connectivity index (χ0v) is 13.1. The summed E-state index contributed by atoms with van der Waals surface area (Å²) in [5, 5.41) is 3.34. The van der Waals surface area contributed by atoms with Gasteiger partial charge < -0.3 is 15.1 Å². The molecule has 0 bridgehead atoms. The summed E-state index contributed by atoms with van der Waals surface area (Å²) in [5.41, 5.74) is 2.32. The van der Waals surface area contributed by atoms with Crippen molar-refractivity contribution in [2.45, 2.75) is 26.3 Å². The van der Waals surface area contributed by atoms with Gasteiger partial charge in [0.25, 0.3) is 0 Å². The van der Waals surface area contributed by atoms with E-state index in [1.54, 1.807) is 0 Å². The summed E-state index contributed by atoms with van der Waals surface area (Å²) in [6.45, 7) is 7.67. The van der Waals surface area contributed by atoms with E-state index in [4.69, 9.17) is 0 Å². The zero-order chi connectivity index (χ0) is 14.4. The highest BCUT2D eigenvalue weighted by Gasteiger charge is 2.18. The van der Waals surface area contributed by atoms with Gasteiger partial charge in [0, 0.05) is 31.5 Å². The van der Waals surface area contributed by atoms with Crippen molar-refractivity contribution in [3.05, 3.63) is 24.0 Å². The lowest BCUT2D eigenvalue weighted by Crippen LogP contribution is -2.35. The highest BCUT2D eigenvalue weighted by molar-refractivity contribution is 5.42. The molecule has 0 radical (unpaired) electrons. The van der Waals surface area contributed by atoms with Gasteiger partial charge in [0.15, 0.2) is 0 Å². The van der Waals surface area contributed by atoms with Crippen molar-refractivity contribution in [1.82, 2.24) is 14.8 Å². The molecular weight excluding hydrogens is 248 g/mol. The Labute approximate surface area is 123 Å². The van der Waals surface area contributed by atoms with Crippen LogP contribution in [0, 0.1) is 5.92 Å². The number of nitrogens with zero attached hydrogens (tertiary/aromatic N) is 3. The van der Waals surface area contributed by atoms with Gasteiger partial charge in [0.2, 0.25) is 0 Å². The van der Waals surface area contributed by atoms with Gasteiger partial charge in [-0.05, 0) is 65.0 Å². The van der Waals surface area contributed by atoms with Crippen molar-refractivity contribution >= 4 is 5.69 Å². The molecule has 0 aromatic carbocycles. The molecule has 2 rings (SSSR count). The number of likely N-dealkylation sites (tertiary alicyclic amines) is 1. The Morgan fingerprint density at radius 2 is 2.15 bits per heavy atom. The molecule has 20 heavy (non-hydrogen) atoms. The molecule has 0 aliphatic carbocycles. The van der Waals surface area contributed by atoms with Crippen LogP contribution < -0.4 is 5.32 Å². The molecule has 1 aliphatic heterocycles. The Bertz CT molecular complexity index is 399. The number of rotatable bonds is 6. The van der Waals surface area contributed by atoms with Crippen LogP contribution in [-0.4, -0.2) is 55.1 Å². The van der Waals surface area contributed by atoms with Crippen LogP contribution >= 0.6 is 0 Å². The van der Waals surface area contributed by atoms with Crippen LogP contribution in [0.2, 0.25) is 0 Å². The third-order valence-corrected chi connectivity index (χ3v) is 4.04. The van der Waals surface area contributed by atoms with Crippen LogP contribution in [0.15, 0.2) is 18.3 Å². The SMILES string of the molecule is CCNc1ccnc(CN(C)CC2CCN(C)CC2)c1. The lowest BCUT2D eigenvalue weighted by Gasteiger charge is -2.31. The van der Waals surface area contributed by atoms with E-state index in [0.717, 1.165) is 24.7 Å². The monoisotopic (exact) mass is 276 g/mol. The number of pyridine rings is 1. The summed E-state index contributed by atoms with van der Waals surface area (Å²) >= 11 is 0. The van der Waals surface area contributed by atoms with Crippen molar-refractivity contribution in [1.29, 1.82) is 0 Å². The van der Waals surface area contributed by atoms with Crippen molar-refractivity contribution < 1.29 is 0 Å². The summed E-state index contributed by atoms with van der Waals surface area (Å²) in [5.74, 6) is 0.841. The summed E-state index contributed by atoms with van der Waals surface area (Å²) in [6, 6.07) is 4.19. The second-order valence-electron chi connectivity index (χ2n) is 6.01. The molecule has 4 nitrogen and oxygen atoms in total. The molecular formula is C16H28N4. The topological polar surface area (TPSA) is 31.4 Å². The third kappa shape index (κ3) is 4.76. The molecule has 0 saturated carbocycles. The molecule has 1 fully saturated rings. The Hall–Kier alpha value is -1.13. The highest BCUT2D eigenvalue weighted by Crippen LogP contribution is 2.18. The van der Waals surface area contributed by atoms with Crippen molar-refractivity contribution in [3.8, 4) is 0 Å². The fourth-order valence-electron chi connectivity index (χ4n) is 2.91. The van der Waals surface area contributed by atoms with E-state index < -0.39 is 0 Å². The molecule has 0 unspecified atom stereocenters. The second-order valence-corrected chi connectivity index (χ2v) is 6.01. The first-order valence-corrected chi connectivity index (χ1v) is 7.73. The number of hydrogen-bond donors (Lipinski definition) is 1. The van der Waals surface area contributed by atoms with E-state index in [2.05, 4.69) is 47.2 Å². The first kappa shape index (κ1) is 15.3. The number of anilines is 1. The number of aromatic nitrogens is 1. The molecule has 1 aliphatic rings. The average Bonchev–Trinajstić information content (AvgIpc) is 2.42. The maximum atomic E-state index is 4.48. The normalized spacial score (nSPS) is 17.6. The third-order valence-electron chi connectivity index (χ3n) is 4.04. The molecule has 0 spiro atoms. The minimum Gasteiger partial charge on any atom is -0.385 e. The smallest absolute Gasteiger partial charge is 0.0564 e. The van der Waals surface area contributed by atoms with Crippen molar-refractivity contribution in [2.75, 3.05) is 45.6 Å². The molecule has 1 saturated heterocycles. The standard InChI is InChI=1S/C16H28N4/c1-4-17-15-5-8-18-16(11-15)13-20(3)12-14-6-9-19(2)10-7-14/h5,8,11,14H,4,6-7,9-10,12-13H2,1-3H3,(H,17,18). The van der Waals surface area contributed by atoms with Gasteiger partial charge in [0.05, 0.1) is 5.69 Å². The van der Waals surface area contributed by atoms with E-state index >= 15 is 0 Å². The Morgan fingerprint density at radius 1 is 1.40 bits per heavy atom. The molecule has 112 valence electrons. The van der Waals surface area contributed by atoms with Gasteiger partial charge in [-0.1, -0.05) is 0 Å². The number of hydrogen-bond acceptors (Lipinski definition) is 4. The van der Waals surface area contributed by atoms with E-state index in [9.17, 15) is 0 Å². The first-order valence-electron chi connectivity index (χ1n) is 7.73. The molecule has 1 aromatic rings. The van der Waals surface area contributed by atoms with E-state index in [1.807, 2.05) is 12.3 Å². The quantitative estimate of drug-likeness (QED) is 0.864. The molecule has 0 atom stereocenters. The minimum atomic E-state index is 0.841. The highest BCUT2D eigenvalue weighted by atomic mass is 15.1. The second kappa shape index (κ2) is 7.60. The van der Waals surface area contributed by atoms with Gasteiger partial charge in [-0.3, -0.25) is 4.98 Å². The molecule has 2 heterocycles. The van der Waals surface area contributed by atoms with Gasteiger partial charge in [-0.25, -0.2) is 0 Å². The van der Waals surface area contributed by atoms with Crippen LogP contribution in [0.1, 0.15) is 25.5 Å². The Kier molecular flexibility index (Phi) is 5.80. The number of nitrogens with one attached hydrogen (secondary N) is 1. The minimum absolute atomic E-state index is 0.841. The van der Waals surface area contributed by atoms with Crippen molar-refractivity contribution in [3.63, 3.8) is 0 Å². The lowest BCUT2D eigenvalue weighted by atomic mass is 9.96. The van der Waals surface area contributed by atoms with Crippen LogP contribution in [0.4, 0.5) is 5.69 Å². The van der Waals surface area contributed by atoms with Crippen LogP contribution in [0.25, 0.3) is 0 Å². The maximum Gasteiger partial charge on any atom is 0.0564 e. The average molecular weight is 276 g/mol. The first-order chi connectivity index (χ1) is 9.67. The largest absolute Gasteiger partial charge is 0.385 e. The van der Waals surface area contributed by atoms with Crippen LogP contribution in [0.3, 0.4) is 0 Å². The zero-order valence-electron chi connectivity index (χ0n) is 13.1. The predicted octanol–water partition coefficient (Wildman–Crippen LogP) is 2.29. The van der Waals surface area contributed by atoms with Gasteiger partial charge in [0.1, 0.15) is 0 Å². The summed E-state index contributed by atoms with van der Waals surface area (Å²) < 4.78 is 0. The molecule has 1 N–H and O–H groups in total. The Morgan fingerprint density at radius 3 is 2.85 bits per heavy atom. The Balaban J connectivity index is 1.81. The van der Waals surface area contributed by atoms with Gasteiger partial charge >= 0.3 is 0 Å². The van der Waals surface area contributed by atoms with Crippen LogP contribution in [-0.2, 0) is 6.54 Å². The van der Waals surface area contributed by atoms with Gasteiger partial charge in [-0.2, -0.15) is 0 Å². The van der Waals surface area contributed by atoms with Crippen molar-refractivity contribution in [2.24, 2.45) is 5.92 Å². The van der Waals surface area contributed by atoms with E-state index in [1.165, 1.54) is 38.2 Å². The summed E-state index contributed by atoms with van der Waals surface area (Å²) in [4.78, 5) is 9.32. The maximum absolute atomic E-state index is 4.48. The fourth-order valence-corrected chi connectivity index (χ4v) is 2.91. The fraction of sp³-hybridized carbons (Fsp3) is 0.688. The van der Waals surface area contributed by atoms with E-state index in [0.29, 0.717) is 0 Å². The lowest BCUT2D eigenvalue weighted by molar-refractivity contribution is 0.172.